The largest absolute Gasteiger partial charge is 1.00 e. The van der Waals surface area contributed by atoms with Crippen LogP contribution in [0.15, 0.2) is 0 Å². The Kier molecular flexibility index (Phi) is 115000. The normalized spacial score (nSPS) is 0.500. The molecule has 0 aromatic rings. The fourth-order valence-corrected chi connectivity index (χ4v) is 0. The van der Waals surface area contributed by atoms with E-state index in [1.54, 1.807) is 0 Å². The van der Waals surface area contributed by atoms with Gasteiger partial charge in [-0.05, 0) is 0 Å². The predicted octanol–water partition coefficient (Wildman–Crippen LogP) is 0.256. The Morgan fingerprint density at radius 3 is 1.25 bits per heavy atom. The quantitative estimate of drug-likeness (QED) is 0.356. The molecular weight excluding hydrogens is 104 g/mol. The van der Waals surface area contributed by atoms with Crippen molar-refractivity contribution in [3.05, 3.63) is 6.57 Å². The van der Waals surface area contributed by atoms with E-state index in [4.69, 9.17) is 11.8 Å². The van der Waals surface area contributed by atoms with Crippen molar-refractivity contribution in [3.63, 3.8) is 0 Å². The van der Waals surface area contributed by atoms with Gasteiger partial charge in [0.25, 0.3) is 0 Å². The molecule has 0 atom stereocenters. The van der Waals surface area contributed by atoms with Crippen molar-refractivity contribution in [2.24, 2.45) is 0 Å². The Labute approximate surface area is 35.9 Å². The number of rotatable bonds is 0. The van der Waals surface area contributed by atoms with Crippen LogP contribution in [0.25, 0.3) is 0 Å². The minimum atomic E-state index is 0. The van der Waals surface area contributed by atoms with E-state index in [0.29, 0.717) is 0 Å². The van der Waals surface area contributed by atoms with E-state index >= 15 is 0 Å². The number of nitrogens with zero attached hydrogens (tertiary/aromatic N) is 1. The van der Waals surface area contributed by atoms with Gasteiger partial charge in [0.1, 0.15) is 0 Å². The monoisotopic (exact) mass is 106 g/mol. The summed E-state index contributed by atoms with van der Waals surface area (Å²) in [7, 11) is 0. The molecule has 3 heteroatoms. The Hall–Kier alpha value is -0.0305. The summed E-state index contributed by atoms with van der Waals surface area (Å²) in [5.41, 5.74) is 0. The van der Waals surface area contributed by atoms with Crippen molar-refractivity contribution < 1.29 is 17.1 Å². The maximum Gasteiger partial charge on any atom is 1.00 e. The van der Waals surface area contributed by atoms with E-state index in [-0.39, 0.29) is 23.2 Å². The van der Waals surface area contributed by atoms with Gasteiger partial charge in [-0.1, -0.05) is 0 Å². The van der Waals surface area contributed by atoms with Crippen LogP contribution >= 0.6 is 0 Å². The second-order valence-corrected chi connectivity index (χ2v) is 0. The second-order valence-electron chi connectivity index (χ2n) is 0. The van der Waals surface area contributed by atoms with E-state index in [1.165, 1.54) is 0 Å². The molecule has 2 nitrogen and oxygen atoms in total. The smallest absolute Gasteiger partial charge is 0.512 e. The van der Waals surface area contributed by atoms with Crippen LogP contribution < -0.4 is 6.15 Å². The summed E-state index contributed by atoms with van der Waals surface area (Å²) in [6.45, 7) is 4.75. The van der Waals surface area contributed by atoms with E-state index in [9.17, 15) is 0 Å². The topological polar surface area (TPSA) is 58.8 Å². The summed E-state index contributed by atoms with van der Waals surface area (Å²) in [5, 5.41) is 6.25. The van der Waals surface area contributed by atoms with Gasteiger partial charge in [-0.2, -0.15) is 0 Å². The molecule has 0 unspecified atom stereocenters. The van der Waals surface area contributed by atoms with Gasteiger partial charge in [0, 0.05) is 0 Å². The van der Waals surface area contributed by atoms with Crippen molar-refractivity contribution in [1.29, 1.82) is 5.26 Å². The van der Waals surface area contributed by atoms with Crippen LogP contribution in [-0.2, 0) is 17.1 Å². The Morgan fingerprint density at radius 1 is 1.25 bits per heavy atom. The third-order valence-corrected chi connectivity index (χ3v) is 0. The molecule has 0 amide bonds. The predicted molar refractivity (Wildman–Crippen MR) is 9.99 cm³/mol. The van der Waals surface area contributed by atoms with Crippen LogP contribution in [0.3, 0.4) is 0 Å². The molecule has 0 heterocycles. The van der Waals surface area contributed by atoms with Gasteiger partial charge in [-0.3, -0.25) is 0 Å². The Morgan fingerprint density at radius 2 is 1.25 bits per heavy atom. The number of hydrogen-bond donors (Lipinski definition) is 1. The molecule has 0 saturated carbocycles. The molecule has 4 heavy (non-hydrogen) atoms. The first-order chi connectivity index (χ1) is 1.00. The zero-order valence-corrected chi connectivity index (χ0v) is 2.90. The van der Waals surface area contributed by atoms with Gasteiger partial charge in [-0.15, -0.1) is 0 Å². The summed E-state index contributed by atoms with van der Waals surface area (Å²) in [4.78, 5) is 0. The average Bonchev–Trinajstić information content (AvgIpc) is 1.00. The zero-order chi connectivity index (χ0) is 2.00. The van der Waals surface area contributed by atoms with Gasteiger partial charge < -0.3 is 18.0 Å². The van der Waals surface area contributed by atoms with Crippen LogP contribution in [0.2, 0.25) is 0 Å². The SMILES string of the molecule is N.[C-]#N.[Cu+]. The molecular formula is CH3CuN2. The van der Waals surface area contributed by atoms with Gasteiger partial charge in [0.05, 0.1) is 0 Å². The molecule has 0 fully saturated rings. The molecule has 0 aromatic carbocycles. The van der Waals surface area contributed by atoms with Crippen LogP contribution in [0.5, 0.6) is 0 Å². The molecule has 0 aliphatic rings. The van der Waals surface area contributed by atoms with Gasteiger partial charge in [-0.25, -0.2) is 0 Å². The maximum absolute atomic E-state index is 6.25. The third kappa shape index (κ3) is 1990. The first-order valence-electron chi connectivity index (χ1n) is 0.224. The van der Waals surface area contributed by atoms with Crippen molar-refractivity contribution in [2.75, 3.05) is 0 Å². The standard InChI is InChI=1S/CN.Cu.H3N/c1-2;;/h;;1H3/q-1;+1;. The molecule has 0 rings (SSSR count). The van der Waals surface area contributed by atoms with Crippen LogP contribution in [-0.4, -0.2) is 0 Å². The van der Waals surface area contributed by atoms with E-state index < -0.39 is 0 Å². The van der Waals surface area contributed by atoms with E-state index in [0.717, 1.165) is 0 Å². The van der Waals surface area contributed by atoms with Crippen molar-refractivity contribution in [1.82, 2.24) is 6.15 Å². The molecule has 0 aliphatic carbocycles. The van der Waals surface area contributed by atoms with Gasteiger partial charge in [0.2, 0.25) is 0 Å². The Bertz CT molecular complexity index is 10.8. The van der Waals surface area contributed by atoms with Crippen LogP contribution in [0.1, 0.15) is 0 Å². The molecule has 0 radical (unpaired) electrons. The molecule has 0 aromatic heterocycles. The van der Waals surface area contributed by atoms with E-state index in [2.05, 4.69) is 0 Å². The van der Waals surface area contributed by atoms with Gasteiger partial charge >= 0.3 is 17.1 Å². The second kappa shape index (κ2) is 12400. The molecule has 0 saturated heterocycles. The minimum Gasteiger partial charge on any atom is -0.512 e. The van der Waals surface area contributed by atoms with Crippen LogP contribution in [0.4, 0.5) is 0 Å². The van der Waals surface area contributed by atoms with Crippen molar-refractivity contribution in [3.8, 4) is 0 Å². The van der Waals surface area contributed by atoms with E-state index in [1.807, 2.05) is 0 Å². The summed E-state index contributed by atoms with van der Waals surface area (Å²) in [6.07, 6.45) is 0. The molecule has 0 spiro atoms. The molecule has 3 N–H and O–H groups in total. The molecule has 0 bridgehead atoms. The third-order valence-electron chi connectivity index (χ3n) is 0. The minimum absolute atomic E-state index is 0. The first-order valence-corrected chi connectivity index (χ1v) is 0.224. The summed E-state index contributed by atoms with van der Waals surface area (Å²) >= 11 is 0. The van der Waals surface area contributed by atoms with Crippen molar-refractivity contribution >= 4 is 0 Å². The van der Waals surface area contributed by atoms with Crippen LogP contribution in [0, 0.1) is 11.8 Å². The number of hydrogen-bond acceptors (Lipinski definition) is 2. The van der Waals surface area contributed by atoms with Gasteiger partial charge in [0.15, 0.2) is 0 Å². The summed E-state index contributed by atoms with van der Waals surface area (Å²) in [6, 6.07) is 0. The maximum atomic E-state index is 6.25. The molecule has 0 aliphatic heterocycles. The average molecular weight is 107 g/mol. The fraction of sp³-hybridized carbons (Fsp3) is 0. The van der Waals surface area contributed by atoms with Crippen molar-refractivity contribution in [2.45, 2.75) is 0 Å². The fourth-order valence-electron chi connectivity index (χ4n) is 0. The Balaban J connectivity index is -0.00000000500. The first kappa shape index (κ1) is 37.2. The summed E-state index contributed by atoms with van der Waals surface area (Å²) < 4.78 is 0. The molecule has 28 valence electrons. The summed E-state index contributed by atoms with van der Waals surface area (Å²) in [5.74, 6) is 0. The zero-order valence-electron chi connectivity index (χ0n) is 1.96.